The molecule has 4 saturated heterocycles. The van der Waals surface area contributed by atoms with Gasteiger partial charge in [0.15, 0.2) is 24.9 Å². The molecule has 0 bridgehead atoms. The molecule has 8 aliphatic rings. The number of aliphatic hydroxyl groups excluding tert-OH is 12. The molecule has 35 heteroatoms. The third kappa shape index (κ3) is 11.6. The Bertz CT molecular complexity index is 4220. The monoisotopic (exact) mass is 1320 g/mol. The molecule has 0 spiro atoms. The lowest BCUT2D eigenvalue weighted by Crippen LogP contribution is -2.33. The van der Waals surface area contributed by atoms with E-state index in [0.29, 0.717) is 86.8 Å². The van der Waals surface area contributed by atoms with Gasteiger partial charge in [0.2, 0.25) is 0 Å². The highest BCUT2D eigenvalue weighted by atomic mass is 16.6. The number of anilines is 4. The van der Waals surface area contributed by atoms with E-state index in [0.717, 1.165) is 51.2 Å². The predicted molar refractivity (Wildman–Crippen MR) is 343 cm³/mol. The van der Waals surface area contributed by atoms with E-state index in [1.807, 2.05) is 30.4 Å². The quantitative estimate of drug-likeness (QED) is 0.0613. The zero-order valence-electron chi connectivity index (χ0n) is 50.7. The van der Waals surface area contributed by atoms with Crippen LogP contribution in [0.1, 0.15) is 66.4 Å². The minimum Gasteiger partial charge on any atom is -0.394 e. The third-order valence-corrected chi connectivity index (χ3v) is 17.7. The van der Waals surface area contributed by atoms with Gasteiger partial charge in [-0.15, -0.1) is 0 Å². The molecule has 96 heavy (non-hydrogen) atoms. The van der Waals surface area contributed by atoms with Gasteiger partial charge in [0, 0.05) is 78.5 Å². The van der Waals surface area contributed by atoms with Crippen molar-refractivity contribution >= 4 is 96.2 Å². The Hall–Kier alpha value is -9.25. The largest absolute Gasteiger partial charge is 0.394 e. The van der Waals surface area contributed by atoms with Crippen LogP contribution in [0.4, 0.5) is 23.3 Å². The van der Waals surface area contributed by atoms with Crippen molar-refractivity contribution in [1.82, 2.24) is 58.1 Å². The molecule has 16 rings (SSSR count). The van der Waals surface area contributed by atoms with Crippen LogP contribution in [-0.2, 0) is 18.9 Å². The second kappa shape index (κ2) is 27.1. The molecular formula is C61H69N19O16. The van der Waals surface area contributed by atoms with Crippen LogP contribution in [0.3, 0.4) is 0 Å². The molecule has 1 aliphatic carbocycles. The maximum absolute atomic E-state index is 10.3. The van der Waals surface area contributed by atoms with Crippen LogP contribution in [0.25, 0.3) is 55.3 Å². The fourth-order valence-electron chi connectivity index (χ4n) is 12.8. The van der Waals surface area contributed by atoms with E-state index in [-0.39, 0.29) is 6.61 Å². The number of hydrogen-bond donors (Lipinski definition) is 16. The number of hydrogen-bond acceptors (Lipinski definition) is 31. The van der Waals surface area contributed by atoms with Crippen molar-refractivity contribution in [2.75, 3.05) is 55.9 Å². The van der Waals surface area contributed by atoms with Crippen LogP contribution in [0.5, 0.6) is 0 Å². The number of aliphatic imine (C=N–C) groups is 3. The van der Waals surface area contributed by atoms with Crippen LogP contribution in [0, 0.1) is 0 Å². The maximum Gasteiger partial charge on any atom is 0.164 e. The van der Waals surface area contributed by atoms with Gasteiger partial charge < -0.3 is 121 Å². The average Bonchev–Trinajstić information content (AvgIpc) is 1.62. The molecule has 20 N–H and O–H groups in total. The van der Waals surface area contributed by atoms with Crippen molar-refractivity contribution in [1.29, 1.82) is 0 Å². The molecule has 0 saturated carbocycles. The summed E-state index contributed by atoms with van der Waals surface area (Å²) < 4.78 is 28.9. The van der Waals surface area contributed by atoms with Crippen molar-refractivity contribution in [3.63, 3.8) is 0 Å². The Labute approximate surface area is 542 Å². The number of nitrogens with zero attached hydrogens (tertiary/aromatic N) is 15. The van der Waals surface area contributed by atoms with Gasteiger partial charge in [-0.1, -0.05) is 36.5 Å². The van der Waals surface area contributed by atoms with Gasteiger partial charge >= 0.3 is 0 Å². The van der Waals surface area contributed by atoms with E-state index < -0.39 is 118 Å². The maximum atomic E-state index is 10.3. The van der Waals surface area contributed by atoms with E-state index in [9.17, 15) is 61.3 Å². The first-order valence-electron chi connectivity index (χ1n) is 30.4. The number of aromatic nitrogens is 12. The first kappa shape index (κ1) is 65.4. The lowest BCUT2D eigenvalue weighted by Gasteiger charge is -2.17. The molecule has 16 atom stereocenters. The first-order valence-corrected chi connectivity index (χ1v) is 30.4. The smallest absolute Gasteiger partial charge is 0.164 e. The number of rotatable bonds is 12. The van der Waals surface area contributed by atoms with E-state index >= 15 is 0 Å². The van der Waals surface area contributed by atoms with Crippen molar-refractivity contribution in [3.8, 4) is 0 Å². The summed E-state index contributed by atoms with van der Waals surface area (Å²) in [7, 11) is 0. The van der Waals surface area contributed by atoms with Gasteiger partial charge in [-0.25, -0.2) is 39.9 Å². The second-order valence-corrected chi connectivity index (χ2v) is 23.3. The fraction of sp³-hybridized carbons (Fsp3) is 0.393. The van der Waals surface area contributed by atoms with Crippen LogP contribution >= 0.6 is 0 Å². The highest BCUT2D eigenvalue weighted by molar-refractivity contribution is 6.18. The summed E-state index contributed by atoms with van der Waals surface area (Å²) in [6, 6.07) is 0. The van der Waals surface area contributed by atoms with Crippen LogP contribution in [0.15, 0.2) is 114 Å². The molecule has 8 aromatic heterocycles. The van der Waals surface area contributed by atoms with Crippen LogP contribution in [-0.4, -0.2) is 243 Å². The highest BCUT2D eigenvalue weighted by Crippen LogP contribution is 2.42. The molecule has 504 valence electrons. The van der Waals surface area contributed by atoms with E-state index in [1.165, 1.54) is 25.3 Å². The molecule has 0 aromatic carbocycles. The third-order valence-electron chi connectivity index (χ3n) is 17.7. The predicted octanol–water partition coefficient (Wildman–Crippen LogP) is -2.28. The topological polar surface area (TPSA) is 544 Å². The fourth-order valence-corrected chi connectivity index (χ4v) is 12.8. The van der Waals surface area contributed by atoms with E-state index in [2.05, 4.69) is 60.9 Å². The molecule has 4 unspecified atom stereocenters. The number of nitrogen functional groups attached to an aromatic ring is 4. The summed E-state index contributed by atoms with van der Waals surface area (Å²) in [6.45, 7) is -0.978. The summed E-state index contributed by atoms with van der Waals surface area (Å²) in [5.74, 6) is 1.24. The molecule has 7 aliphatic heterocycles. The van der Waals surface area contributed by atoms with Gasteiger partial charge in [0.1, 0.15) is 144 Å². The first-order chi connectivity index (χ1) is 46.5. The minimum absolute atomic E-state index is 0.301. The average molecular weight is 1320 g/mol. The highest BCUT2D eigenvalue weighted by Gasteiger charge is 2.48. The van der Waals surface area contributed by atoms with E-state index in [4.69, 9.17) is 41.9 Å². The van der Waals surface area contributed by atoms with Crippen molar-refractivity contribution in [2.45, 2.75) is 117 Å². The molecular weight excluding hydrogens is 1250 g/mol. The molecule has 8 aromatic rings. The summed E-state index contributed by atoms with van der Waals surface area (Å²) in [6.07, 6.45) is 15.0. The Kier molecular flexibility index (Phi) is 18.5. The van der Waals surface area contributed by atoms with Gasteiger partial charge in [0.25, 0.3) is 0 Å². The summed E-state index contributed by atoms with van der Waals surface area (Å²) in [5, 5.41) is 121. The number of nitrogens with two attached hydrogens (primary N) is 4. The van der Waals surface area contributed by atoms with Gasteiger partial charge in [-0.2, -0.15) is 0 Å². The Morgan fingerprint density at radius 3 is 0.990 bits per heavy atom. The van der Waals surface area contributed by atoms with E-state index in [1.54, 1.807) is 61.7 Å². The number of allylic oxidation sites excluding steroid dienone is 7. The summed E-state index contributed by atoms with van der Waals surface area (Å²) in [5.41, 5.74) is 32.7. The van der Waals surface area contributed by atoms with Gasteiger partial charge in [0.05, 0.1) is 65.9 Å². The van der Waals surface area contributed by atoms with Crippen LogP contribution < -0.4 is 22.9 Å². The summed E-state index contributed by atoms with van der Waals surface area (Å²) in [4.78, 5) is 46.0. The number of ether oxygens (including phenoxy) is 4. The van der Waals surface area contributed by atoms with Crippen molar-refractivity contribution in [3.05, 3.63) is 121 Å². The molecule has 0 amide bonds. The molecule has 0 radical (unpaired) electrons. The Morgan fingerprint density at radius 1 is 0.396 bits per heavy atom. The van der Waals surface area contributed by atoms with Gasteiger partial charge in [-0.3, -0.25) is 15.0 Å². The zero-order chi connectivity index (χ0) is 67.4. The zero-order valence-corrected chi connectivity index (χ0v) is 50.7. The van der Waals surface area contributed by atoms with Crippen molar-refractivity contribution < 1.29 is 80.2 Å². The van der Waals surface area contributed by atoms with Gasteiger partial charge in [-0.05, 0) is 17.6 Å². The number of fused-ring (bicyclic) bond motifs is 4. The standard InChI is InChI=1S/C16H18N4O4.3C15H17N5O4/c17-14-11-9(8-3-1-2-4-8)5-20(15(11)19-7-18-14)16-13(23)12(22)10(6-21)24-16;16-13-10-8(7-1-2-17-3-7)4-20(14(10)19-6-18-13)15-12(23)11(22)9(5-21)24-15;2*16-13-10-7(8-2-1-3-17-8)4-20(14(10)19-6-18-13)15-12(23)11(22)9(5-21)24-15/h1,3-5,7,10,12-13,16,21-23H,2,6H2,(H2,17,18,19);3*1,3-4,6,9,11-12,15,21-23H,2,5H2,(H2,16,18,19)/t10-,12?,13+,16-;3*9-,11?,12+,15-/m1111/s1. The summed E-state index contributed by atoms with van der Waals surface area (Å²) >= 11 is 0. The lowest BCUT2D eigenvalue weighted by molar-refractivity contribution is -0.0508. The van der Waals surface area contributed by atoms with Crippen molar-refractivity contribution in [2.24, 2.45) is 15.0 Å². The molecule has 15 heterocycles. The second-order valence-electron chi connectivity index (χ2n) is 23.3. The number of aliphatic hydroxyl groups is 12. The van der Waals surface area contributed by atoms with Crippen LogP contribution in [0.2, 0.25) is 0 Å². The Balaban J connectivity index is 0.000000116. The Morgan fingerprint density at radius 2 is 0.719 bits per heavy atom. The molecule has 35 nitrogen and oxygen atoms in total. The minimum atomic E-state index is -1.20. The lowest BCUT2D eigenvalue weighted by atomic mass is 10.1. The normalized spacial score (nSPS) is 29.5. The SMILES string of the molecule is Nc1ncnc2c1c(C1=CCC=C1)cn2[C@@H]1O[C@H](CO)C(O)[C@@H]1O.Nc1ncnc2c1c(C1=CCN=C1)cn2[C@@H]1O[C@H](CO)C(O)[C@@H]1O.Nc1ncnc2c1c(C1=NC=CC1)cn2[C@@H]1O[C@H](CO)C(O)[C@@H]1O.Nc1ncnc2c1c(C1=NC=CC1)cn2[C@@H]1O[C@H](CO)C(O)[C@@H]1O. The molecule has 4 fully saturated rings.